The van der Waals surface area contributed by atoms with E-state index in [0.717, 1.165) is 11.3 Å². The van der Waals surface area contributed by atoms with Gasteiger partial charge in [0, 0.05) is 22.2 Å². The molecule has 0 aliphatic heterocycles. The summed E-state index contributed by atoms with van der Waals surface area (Å²) in [6.07, 6.45) is 2.70. The molecule has 1 N–H and O–H groups in total. The number of carbonyl (C=O) groups excluding carboxylic acids is 1. The molecule has 0 aliphatic carbocycles. The number of anilines is 2. The molecule has 0 bridgehead atoms. The molecule has 0 saturated carbocycles. The number of rotatable bonds is 5. The molecule has 0 spiro atoms. The van der Waals surface area contributed by atoms with Gasteiger partial charge in [-0.15, -0.1) is 16.4 Å². The second-order valence-corrected chi connectivity index (χ2v) is 7.19. The van der Waals surface area contributed by atoms with Gasteiger partial charge in [0.25, 0.3) is 0 Å². The number of nitrogens with one attached hydrogen (secondary N) is 1. The molecule has 4 aromatic rings. The van der Waals surface area contributed by atoms with Crippen LogP contribution in [-0.2, 0) is 4.74 Å². The second-order valence-electron chi connectivity index (χ2n) is 5.51. The minimum Gasteiger partial charge on any atom is -0.462 e. The van der Waals surface area contributed by atoms with Crippen molar-refractivity contribution in [1.29, 1.82) is 0 Å². The summed E-state index contributed by atoms with van der Waals surface area (Å²) >= 11 is 13.7. The summed E-state index contributed by atoms with van der Waals surface area (Å²) in [6.45, 7) is 1.97. The lowest BCUT2D eigenvalue weighted by Gasteiger charge is -2.06. The van der Waals surface area contributed by atoms with Crippen LogP contribution in [0.5, 0.6) is 0 Å². The van der Waals surface area contributed by atoms with Gasteiger partial charge >= 0.3 is 5.97 Å². The van der Waals surface area contributed by atoms with Gasteiger partial charge in [-0.1, -0.05) is 23.2 Å². The quantitative estimate of drug-likeness (QED) is 0.462. The van der Waals surface area contributed by atoms with Crippen molar-refractivity contribution in [2.75, 3.05) is 11.9 Å². The Balaban J connectivity index is 1.69. The average Bonchev–Trinajstić information content (AvgIpc) is 3.23. The topological polar surface area (TPSA) is 94.3 Å². The summed E-state index contributed by atoms with van der Waals surface area (Å²) in [5, 5.41) is 10.4. The Hall–Kier alpha value is -2.75. The number of nitrogens with zero attached hydrogens (tertiary/aromatic N) is 5. The maximum atomic E-state index is 12.1. The van der Waals surface area contributed by atoms with Gasteiger partial charge in [0.2, 0.25) is 10.9 Å². The van der Waals surface area contributed by atoms with E-state index >= 15 is 0 Å². The summed E-state index contributed by atoms with van der Waals surface area (Å²) in [6, 6.07) is 5.25. The Labute approximate surface area is 173 Å². The number of esters is 1. The third-order valence-corrected chi connectivity index (χ3v) is 5.09. The zero-order valence-corrected chi connectivity index (χ0v) is 16.7. The van der Waals surface area contributed by atoms with E-state index in [2.05, 4.69) is 25.4 Å². The Morgan fingerprint density at radius 2 is 2.21 bits per heavy atom. The number of hydrogen-bond acceptors (Lipinski definition) is 8. The maximum Gasteiger partial charge on any atom is 0.343 e. The zero-order valence-electron chi connectivity index (χ0n) is 14.4. The Bertz CT molecular complexity index is 1180. The molecule has 142 valence electrons. The summed E-state index contributed by atoms with van der Waals surface area (Å²) in [4.78, 5) is 25.1. The Morgan fingerprint density at radius 1 is 1.36 bits per heavy atom. The van der Waals surface area contributed by atoms with Gasteiger partial charge in [0.1, 0.15) is 11.9 Å². The normalized spacial score (nSPS) is 11.0. The molecule has 0 aliphatic rings. The van der Waals surface area contributed by atoms with Gasteiger partial charge in [-0.2, -0.15) is 4.98 Å². The second kappa shape index (κ2) is 7.70. The first kappa shape index (κ1) is 18.6. The molecule has 8 nitrogen and oxygen atoms in total. The number of fused-ring (bicyclic) bond motifs is 1. The van der Waals surface area contributed by atoms with E-state index in [9.17, 15) is 4.79 Å². The molecule has 0 fully saturated rings. The molecular weight excluding hydrogens is 423 g/mol. The van der Waals surface area contributed by atoms with Crippen molar-refractivity contribution in [1.82, 2.24) is 24.6 Å². The summed E-state index contributed by atoms with van der Waals surface area (Å²) in [5.74, 6) is 0.0143. The number of hydrogen-bond donors (Lipinski definition) is 1. The summed E-state index contributed by atoms with van der Waals surface area (Å²) in [7, 11) is 0. The van der Waals surface area contributed by atoms with Crippen molar-refractivity contribution in [2.24, 2.45) is 0 Å². The molecular formula is C17H12Cl2N6O2S. The standard InChI is InChI=1S/C17H12Cl2N6O2S/c1-2-27-15(26)11-6-20-8-21-14(11)22-16-23-17-25(24-16)13(7-28-17)10-4-3-9(18)5-12(10)19/h3-8H,2H2,1H3,(H,20,21,22,24). The van der Waals surface area contributed by atoms with Gasteiger partial charge in [-0.25, -0.2) is 19.3 Å². The van der Waals surface area contributed by atoms with Gasteiger partial charge in [-0.3, -0.25) is 0 Å². The van der Waals surface area contributed by atoms with Crippen LogP contribution >= 0.6 is 34.5 Å². The third kappa shape index (κ3) is 3.51. The minimum absolute atomic E-state index is 0.198. The van der Waals surface area contributed by atoms with E-state index < -0.39 is 5.97 Å². The van der Waals surface area contributed by atoms with E-state index in [1.165, 1.54) is 23.9 Å². The highest BCUT2D eigenvalue weighted by Gasteiger charge is 2.18. The van der Waals surface area contributed by atoms with Crippen LogP contribution in [-0.4, -0.2) is 37.1 Å². The van der Waals surface area contributed by atoms with Crippen LogP contribution in [0.1, 0.15) is 17.3 Å². The van der Waals surface area contributed by atoms with Gasteiger partial charge in [0.15, 0.2) is 5.82 Å². The summed E-state index contributed by atoms with van der Waals surface area (Å²) < 4.78 is 6.68. The Kier molecular flexibility index (Phi) is 5.12. The Morgan fingerprint density at radius 3 is 3.00 bits per heavy atom. The van der Waals surface area contributed by atoms with E-state index in [1.807, 2.05) is 11.4 Å². The first-order valence-electron chi connectivity index (χ1n) is 8.10. The first-order valence-corrected chi connectivity index (χ1v) is 9.74. The molecule has 0 amide bonds. The lowest BCUT2D eigenvalue weighted by atomic mass is 10.2. The lowest BCUT2D eigenvalue weighted by molar-refractivity contribution is 0.0526. The lowest BCUT2D eigenvalue weighted by Crippen LogP contribution is -2.10. The highest BCUT2D eigenvalue weighted by atomic mass is 35.5. The van der Waals surface area contributed by atoms with Crippen LogP contribution < -0.4 is 5.32 Å². The molecule has 1 aromatic carbocycles. The smallest absolute Gasteiger partial charge is 0.343 e. The molecule has 3 aromatic heterocycles. The average molecular weight is 435 g/mol. The van der Waals surface area contributed by atoms with Crippen LogP contribution in [0.25, 0.3) is 16.2 Å². The van der Waals surface area contributed by atoms with E-state index in [1.54, 1.807) is 23.6 Å². The van der Waals surface area contributed by atoms with Crippen LogP contribution in [0.2, 0.25) is 10.0 Å². The highest BCUT2D eigenvalue weighted by molar-refractivity contribution is 7.15. The fourth-order valence-electron chi connectivity index (χ4n) is 2.51. The predicted octanol–water partition coefficient (Wildman–Crippen LogP) is 4.47. The number of thiazole rings is 1. The molecule has 0 atom stereocenters. The van der Waals surface area contributed by atoms with Crippen molar-refractivity contribution in [2.45, 2.75) is 6.92 Å². The number of halogens is 2. The monoisotopic (exact) mass is 434 g/mol. The largest absolute Gasteiger partial charge is 0.462 e. The fraction of sp³-hybridized carbons (Fsp3) is 0.118. The fourth-order valence-corrected chi connectivity index (χ4v) is 3.84. The van der Waals surface area contributed by atoms with Crippen molar-refractivity contribution in [3.63, 3.8) is 0 Å². The maximum absolute atomic E-state index is 12.1. The van der Waals surface area contributed by atoms with Crippen molar-refractivity contribution < 1.29 is 9.53 Å². The van der Waals surface area contributed by atoms with Gasteiger partial charge in [-0.05, 0) is 25.1 Å². The van der Waals surface area contributed by atoms with Crippen molar-refractivity contribution >= 4 is 57.2 Å². The van der Waals surface area contributed by atoms with Crippen LogP contribution in [0, 0.1) is 0 Å². The van der Waals surface area contributed by atoms with E-state index in [4.69, 9.17) is 27.9 Å². The predicted molar refractivity (Wildman–Crippen MR) is 108 cm³/mol. The van der Waals surface area contributed by atoms with E-state index in [0.29, 0.717) is 15.0 Å². The number of benzene rings is 1. The minimum atomic E-state index is -0.528. The third-order valence-electron chi connectivity index (χ3n) is 3.73. The van der Waals surface area contributed by atoms with Crippen molar-refractivity contribution in [3.05, 3.63) is 51.7 Å². The molecule has 0 unspecified atom stereocenters. The number of aromatic nitrogens is 5. The van der Waals surface area contributed by atoms with Crippen molar-refractivity contribution in [3.8, 4) is 11.3 Å². The van der Waals surface area contributed by atoms with Crippen LogP contribution in [0.3, 0.4) is 0 Å². The number of carbonyl (C=O) groups is 1. The highest BCUT2D eigenvalue weighted by Crippen LogP contribution is 2.33. The summed E-state index contributed by atoms with van der Waals surface area (Å²) in [5.41, 5.74) is 1.75. The molecule has 3 heterocycles. The van der Waals surface area contributed by atoms with Gasteiger partial charge in [0.05, 0.1) is 17.3 Å². The zero-order chi connectivity index (χ0) is 19.7. The SMILES string of the molecule is CCOC(=O)c1cncnc1Nc1nc2scc(-c3ccc(Cl)cc3Cl)n2n1. The molecule has 0 radical (unpaired) electrons. The van der Waals surface area contributed by atoms with Crippen LogP contribution in [0.15, 0.2) is 36.1 Å². The number of ether oxygens (including phenoxy) is 1. The molecule has 11 heteroatoms. The first-order chi connectivity index (χ1) is 13.6. The molecule has 0 saturated heterocycles. The van der Waals surface area contributed by atoms with E-state index in [-0.39, 0.29) is 23.9 Å². The molecule has 28 heavy (non-hydrogen) atoms. The molecule has 4 rings (SSSR count). The van der Waals surface area contributed by atoms with Gasteiger partial charge < -0.3 is 10.1 Å². The van der Waals surface area contributed by atoms with Crippen LogP contribution in [0.4, 0.5) is 11.8 Å².